The molecule has 1 rings (SSSR count). The number of nitrogens with two attached hydrogens (primary N) is 1. The first-order valence-electron chi connectivity index (χ1n) is 6.46. The smallest absolute Gasteiger partial charge is 0.150 e. The van der Waals surface area contributed by atoms with Gasteiger partial charge in [-0.05, 0) is 25.1 Å². The highest BCUT2D eigenvalue weighted by atomic mass is 32.3. The number of hydrogen-bond donors (Lipinski definition) is 2. The van der Waals surface area contributed by atoms with Gasteiger partial charge in [0.2, 0.25) is 0 Å². The van der Waals surface area contributed by atoms with E-state index in [0.717, 1.165) is 11.8 Å². The summed E-state index contributed by atoms with van der Waals surface area (Å²) in [7, 11) is 0.572. The molecule has 0 aromatic heterocycles. The average Bonchev–Trinajstić information content (AvgIpc) is 2.37. The number of hydrogen-bond acceptors (Lipinski definition) is 4. The van der Waals surface area contributed by atoms with Crippen LogP contribution in [0.4, 0.5) is 0 Å². The van der Waals surface area contributed by atoms with E-state index in [0.29, 0.717) is 12.2 Å². The van der Waals surface area contributed by atoms with E-state index in [1.54, 1.807) is 7.05 Å². The molecular weight excluding hydrogens is 272 g/mol. The Morgan fingerprint density at radius 1 is 1.25 bits per heavy atom. The van der Waals surface area contributed by atoms with Gasteiger partial charge in [0.1, 0.15) is 6.29 Å². The van der Waals surface area contributed by atoms with Crippen LogP contribution in [0.1, 0.15) is 36.7 Å². The molecule has 0 aliphatic carbocycles. The van der Waals surface area contributed by atoms with E-state index in [9.17, 15) is 4.79 Å². The van der Waals surface area contributed by atoms with E-state index in [-0.39, 0.29) is 4.75 Å². The maximum atomic E-state index is 10.5. The van der Waals surface area contributed by atoms with E-state index < -0.39 is 10.3 Å². The molecule has 1 aromatic rings. The summed E-state index contributed by atoms with van der Waals surface area (Å²) < 4.78 is 6.22. The minimum atomic E-state index is -1.08. The predicted octanol–water partition coefficient (Wildman–Crippen LogP) is 2.87. The second kappa shape index (κ2) is 8.42. The van der Waals surface area contributed by atoms with Crippen LogP contribution in [-0.4, -0.2) is 30.6 Å². The first kappa shape index (κ1) is 19.1. The average molecular weight is 300 g/mol. The van der Waals surface area contributed by atoms with E-state index in [1.807, 2.05) is 24.3 Å². The maximum absolute atomic E-state index is 10.5. The topological polar surface area (TPSA) is 64.3 Å². The highest BCUT2D eigenvalue weighted by molar-refractivity contribution is 8.29. The molecule has 116 valence electrons. The molecule has 4 nitrogen and oxygen atoms in total. The highest BCUT2D eigenvalue weighted by Crippen LogP contribution is 2.54. The largest absolute Gasteiger partial charge is 0.332 e. The Morgan fingerprint density at radius 2 is 1.70 bits per heavy atom. The molecule has 0 saturated heterocycles. The lowest BCUT2D eigenvalue weighted by atomic mass is 10.2. The minimum absolute atomic E-state index is 0.176. The molecule has 0 spiro atoms. The fraction of sp³-hybridized carbons (Fsp3) is 0.533. The Balaban J connectivity index is 0.00000110. The van der Waals surface area contributed by atoms with Gasteiger partial charge in [-0.1, -0.05) is 45.0 Å². The van der Waals surface area contributed by atoms with Crippen LogP contribution < -0.4 is 11.3 Å². The lowest BCUT2D eigenvalue weighted by Gasteiger charge is -2.43. The Labute approximate surface area is 124 Å². The molecule has 20 heavy (non-hydrogen) atoms. The fourth-order valence-corrected chi connectivity index (χ4v) is 1.87. The summed E-state index contributed by atoms with van der Waals surface area (Å²) in [6.45, 7) is 7.23. The number of carbonyl (C=O) groups excluding carboxylic acids is 1. The lowest BCUT2D eigenvalue weighted by Crippen LogP contribution is -2.24. The molecule has 0 unspecified atom stereocenters. The molecule has 0 atom stereocenters. The van der Waals surface area contributed by atoms with Gasteiger partial charge in [-0.25, -0.2) is 0 Å². The van der Waals surface area contributed by atoms with E-state index in [1.165, 1.54) is 0 Å². The SMILES string of the molecule is CC(C)(C)S(C)(C)OCc1ccc(C=O)cc1.CNN. The third kappa shape index (κ3) is 6.52. The third-order valence-corrected chi connectivity index (χ3v) is 6.77. The predicted molar refractivity (Wildman–Crippen MR) is 89.1 cm³/mol. The van der Waals surface area contributed by atoms with Crippen molar-refractivity contribution in [2.24, 2.45) is 5.84 Å². The Bertz CT molecular complexity index is 397. The number of benzene rings is 1. The van der Waals surface area contributed by atoms with Gasteiger partial charge in [0, 0.05) is 10.3 Å². The number of nitrogens with one attached hydrogen (secondary N) is 1. The number of rotatable bonds is 4. The van der Waals surface area contributed by atoms with E-state index in [2.05, 4.69) is 44.6 Å². The van der Waals surface area contributed by atoms with Crippen molar-refractivity contribution < 1.29 is 8.98 Å². The second-order valence-corrected chi connectivity index (χ2v) is 9.68. The van der Waals surface area contributed by atoms with Crippen LogP contribution in [0.15, 0.2) is 24.3 Å². The molecule has 5 heteroatoms. The molecule has 0 aliphatic rings. The van der Waals surface area contributed by atoms with E-state index >= 15 is 0 Å². The summed E-state index contributed by atoms with van der Waals surface area (Å²) in [5, 5.41) is 0. The maximum Gasteiger partial charge on any atom is 0.150 e. The van der Waals surface area contributed by atoms with Crippen molar-refractivity contribution in [1.29, 1.82) is 0 Å². The quantitative estimate of drug-likeness (QED) is 0.510. The van der Waals surface area contributed by atoms with Crippen LogP contribution >= 0.6 is 10.3 Å². The van der Waals surface area contributed by atoms with Gasteiger partial charge >= 0.3 is 0 Å². The molecular formula is C15H28N2O2S. The van der Waals surface area contributed by atoms with Crippen molar-refractivity contribution in [3.05, 3.63) is 35.4 Å². The van der Waals surface area contributed by atoms with Crippen LogP contribution in [0.25, 0.3) is 0 Å². The zero-order valence-corrected chi connectivity index (χ0v) is 14.2. The van der Waals surface area contributed by atoms with Gasteiger partial charge in [-0.3, -0.25) is 16.1 Å². The van der Waals surface area contributed by atoms with Gasteiger partial charge in [-0.2, -0.15) is 0 Å². The van der Waals surface area contributed by atoms with Crippen molar-refractivity contribution in [3.8, 4) is 0 Å². The molecule has 0 radical (unpaired) electrons. The third-order valence-electron chi connectivity index (χ3n) is 3.11. The van der Waals surface area contributed by atoms with Crippen molar-refractivity contribution in [2.75, 3.05) is 19.6 Å². The van der Waals surface area contributed by atoms with Gasteiger partial charge in [-0.15, -0.1) is 10.3 Å². The van der Waals surface area contributed by atoms with Crippen LogP contribution in [0.5, 0.6) is 0 Å². The lowest BCUT2D eigenvalue weighted by molar-refractivity contribution is 0.112. The molecule has 0 aliphatic heterocycles. The molecule has 1 aromatic carbocycles. The van der Waals surface area contributed by atoms with Crippen LogP contribution in [0.2, 0.25) is 0 Å². The highest BCUT2D eigenvalue weighted by Gasteiger charge is 2.28. The number of carbonyl (C=O) groups is 1. The summed E-state index contributed by atoms with van der Waals surface area (Å²) in [4.78, 5) is 10.5. The summed E-state index contributed by atoms with van der Waals surface area (Å²) in [5.74, 6) is 4.60. The van der Waals surface area contributed by atoms with Crippen molar-refractivity contribution in [2.45, 2.75) is 32.1 Å². The Morgan fingerprint density at radius 3 is 2.05 bits per heavy atom. The number of aldehydes is 1. The molecule has 0 saturated carbocycles. The summed E-state index contributed by atoms with van der Waals surface area (Å²) in [6.07, 6.45) is 5.23. The van der Waals surface area contributed by atoms with Crippen LogP contribution in [0.3, 0.4) is 0 Å². The molecule has 0 heterocycles. The summed E-state index contributed by atoms with van der Waals surface area (Å²) in [6, 6.07) is 7.54. The molecule has 0 bridgehead atoms. The monoisotopic (exact) mass is 300 g/mol. The number of hydrazine groups is 1. The first-order valence-corrected chi connectivity index (χ1v) is 8.84. The molecule has 0 amide bonds. The molecule has 0 fully saturated rings. The first-order chi connectivity index (χ1) is 9.17. The second-order valence-electron chi connectivity index (χ2n) is 5.76. The minimum Gasteiger partial charge on any atom is -0.332 e. The van der Waals surface area contributed by atoms with E-state index in [4.69, 9.17) is 4.18 Å². The van der Waals surface area contributed by atoms with Crippen molar-refractivity contribution in [1.82, 2.24) is 5.43 Å². The van der Waals surface area contributed by atoms with Gasteiger partial charge in [0.25, 0.3) is 0 Å². The Kier molecular flexibility index (Phi) is 8.05. The van der Waals surface area contributed by atoms with Crippen molar-refractivity contribution in [3.63, 3.8) is 0 Å². The normalized spacial score (nSPS) is 12.3. The summed E-state index contributed by atoms with van der Waals surface area (Å²) in [5.41, 5.74) is 4.07. The van der Waals surface area contributed by atoms with Gasteiger partial charge in [0.05, 0.1) is 6.61 Å². The van der Waals surface area contributed by atoms with Crippen LogP contribution in [0, 0.1) is 0 Å². The van der Waals surface area contributed by atoms with Gasteiger partial charge < -0.3 is 4.18 Å². The summed E-state index contributed by atoms with van der Waals surface area (Å²) >= 11 is 0. The zero-order valence-electron chi connectivity index (χ0n) is 13.4. The zero-order chi connectivity index (χ0) is 15.8. The van der Waals surface area contributed by atoms with Crippen LogP contribution in [-0.2, 0) is 10.8 Å². The fourth-order valence-electron chi connectivity index (χ4n) is 1.08. The standard InChI is InChI=1S/C14H22O2S.CH6N2/c1-14(2,3)17(4,5)16-11-13-8-6-12(10-15)7-9-13;1-3-2/h6-10H,11H2,1-5H3;3H,2H2,1H3. The van der Waals surface area contributed by atoms with Crippen molar-refractivity contribution >= 4 is 16.6 Å². The van der Waals surface area contributed by atoms with Gasteiger partial charge in [0.15, 0.2) is 0 Å². The Hall–Kier alpha value is -0.880. The molecule has 3 N–H and O–H groups in total.